The first kappa shape index (κ1) is 18.1. The Morgan fingerprint density at radius 1 is 1.00 bits per heavy atom. The van der Waals surface area contributed by atoms with Gasteiger partial charge in [0.15, 0.2) is 0 Å². The van der Waals surface area contributed by atoms with E-state index in [1.165, 1.54) is 17.1 Å². The van der Waals surface area contributed by atoms with E-state index in [9.17, 15) is 14.4 Å². The van der Waals surface area contributed by atoms with Crippen LogP contribution in [0.3, 0.4) is 0 Å². The summed E-state index contributed by atoms with van der Waals surface area (Å²) in [6.07, 6.45) is 6.26. The van der Waals surface area contributed by atoms with Crippen molar-refractivity contribution >= 4 is 17.7 Å². The number of piperazine rings is 1. The highest BCUT2D eigenvalue weighted by atomic mass is 16.2. The largest absolute Gasteiger partial charge is 0.340 e. The minimum absolute atomic E-state index is 0.116. The summed E-state index contributed by atoms with van der Waals surface area (Å²) >= 11 is 0. The summed E-state index contributed by atoms with van der Waals surface area (Å²) in [6.45, 7) is 8.49. The lowest BCUT2D eigenvalue weighted by atomic mass is 9.81. The summed E-state index contributed by atoms with van der Waals surface area (Å²) in [7, 11) is 0. The molecule has 3 amide bonds. The molecule has 1 aliphatic carbocycles. The molecule has 2 heterocycles. The Kier molecular flexibility index (Phi) is 5.57. The van der Waals surface area contributed by atoms with E-state index in [0.29, 0.717) is 24.4 Å². The number of nitrogens with zero attached hydrogens (tertiary/aromatic N) is 3. The number of carbonyl (C=O) groups is 3. The van der Waals surface area contributed by atoms with Crippen LogP contribution in [0.25, 0.3) is 0 Å². The molecule has 138 valence electrons. The molecule has 3 aliphatic rings. The first-order chi connectivity index (χ1) is 12.0. The Hall–Kier alpha value is -1.69. The van der Waals surface area contributed by atoms with Crippen molar-refractivity contribution in [3.05, 3.63) is 12.2 Å². The number of amides is 3. The molecule has 0 spiro atoms. The van der Waals surface area contributed by atoms with Crippen LogP contribution < -0.4 is 0 Å². The maximum atomic E-state index is 12.8. The Labute approximate surface area is 149 Å². The zero-order chi connectivity index (χ0) is 18.0. The van der Waals surface area contributed by atoms with Gasteiger partial charge in [-0.05, 0) is 45.4 Å². The molecule has 1 saturated carbocycles. The van der Waals surface area contributed by atoms with E-state index in [1.54, 1.807) is 0 Å². The van der Waals surface area contributed by atoms with Crippen LogP contribution >= 0.6 is 0 Å². The van der Waals surface area contributed by atoms with E-state index < -0.39 is 0 Å². The molecule has 0 atom stereocenters. The number of carbonyl (C=O) groups excluding carboxylic acids is 3. The second-order valence-corrected chi connectivity index (χ2v) is 7.79. The summed E-state index contributed by atoms with van der Waals surface area (Å²) in [6, 6.07) is 0.540. The van der Waals surface area contributed by atoms with Gasteiger partial charge in [-0.25, -0.2) is 0 Å². The van der Waals surface area contributed by atoms with Crippen molar-refractivity contribution in [2.24, 2.45) is 11.8 Å². The topological polar surface area (TPSA) is 60.9 Å². The molecule has 25 heavy (non-hydrogen) atoms. The smallest absolute Gasteiger partial charge is 0.253 e. The lowest BCUT2D eigenvalue weighted by Crippen LogP contribution is -2.52. The van der Waals surface area contributed by atoms with Crippen molar-refractivity contribution in [1.29, 1.82) is 0 Å². The summed E-state index contributed by atoms with van der Waals surface area (Å²) in [4.78, 5) is 41.9. The summed E-state index contributed by atoms with van der Waals surface area (Å²) in [5.41, 5.74) is 0. The molecule has 3 rings (SSSR count). The third-order valence-electron chi connectivity index (χ3n) is 5.89. The number of hydrogen-bond donors (Lipinski definition) is 0. The third-order valence-corrected chi connectivity index (χ3v) is 5.89. The van der Waals surface area contributed by atoms with E-state index in [2.05, 4.69) is 18.7 Å². The highest BCUT2D eigenvalue weighted by Gasteiger charge is 2.33. The number of rotatable bonds is 4. The van der Waals surface area contributed by atoms with Crippen LogP contribution in [0.1, 0.15) is 39.5 Å². The first-order valence-electron chi connectivity index (χ1n) is 9.52. The maximum absolute atomic E-state index is 12.8. The predicted molar refractivity (Wildman–Crippen MR) is 94.6 cm³/mol. The Balaban J connectivity index is 1.44. The zero-order valence-electron chi connectivity index (χ0n) is 15.3. The molecule has 0 radical (unpaired) electrons. The van der Waals surface area contributed by atoms with Crippen LogP contribution in [0.2, 0.25) is 0 Å². The fraction of sp³-hybridized carbons (Fsp3) is 0.737. The van der Waals surface area contributed by atoms with Gasteiger partial charge in [0.2, 0.25) is 5.91 Å². The van der Waals surface area contributed by atoms with Crippen LogP contribution in [0, 0.1) is 11.8 Å². The molecule has 6 nitrogen and oxygen atoms in total. The monoisotopic (exact) mass is 347 g/mol. The average molecular weight is 347 g/mol. The van der Waals surface area contributed by atoms with Crippen molar-refractivity contribution in [2.45, 2.75) is 45.6 Å². The van der Waals surface area contributed by atoms with E-state index in [1.807, 2.05) is 4.90 Å². The summed E-state index contributed by atoms with van der Waals surface area (Å²) in [5, 5.41) is 0. The fourth-order valence-electron chi connectivity index (χ4n) is 4.18. The number of hydrogen-bond acceptors (Lipinski definition) is 4. The normalized spacial score (nSPS) is 28.3. The van der Waals surface area contributed by atoms with Gasteiger partial charge >= 0.3 is 0 Å². The molecule has 1 saturated heterocycles. The van der Waals surface area contributed by atoms with Crippen molar-refractivity contribution < 1.29 is 14.4 Å². The molecule has 0 unspecified atom stereocenters. The van der Waals surface area contributed by atoms with E-state index in [0.717, 1.165) is 51.9 Å². The van der Waals surface area contributed by atoms with Crippen LogP contribution in [0.5, 0.6) is 0 Å². The van der Waals surface area contributed by atoms with Gasteiger partial charge in [0, 0.05) is 56.8 Å². The SMILES string of the molecule is CC(C)N1CCN(C(=O)C2CCC(CN3C(=O)C=CC3=O)CC2)CC1. The molecule has 0 aromatic heterocycles. The molecule has 0 aromatic rings. The second-order valence-electron chi connectivity index (χ2n) is 7.79. The summed E-state index contributed by atoms with van der Waals surface area (Å²) < 4.78 is 0. The van der Waals surface area contributed by atoms with Crippen LogP contribution in [0.4, 0.5) is 0 Å². The zero-order valence-corrected chi connectivity index (χ0v) is 15.3. The Bertz CT molecular complexity index is 538. The minimum atomic E-state index is -0.203. The molecular weight excluding hydrogens is 318 g/mol. The molecule has 0 bridgehead atoms. The van der Waals surface area contributed by atoms with Crippen molar-refractivity contribution in [3.8, 4) is 0 Å². The van der Waals surface area contributed by atoms with Crippen LogP contribution in [0.15, 0.2) is 12.2 Å². The molecule has 2 aliphatic heterocycles. The van der Waals surface area contributed by atoms with Crippen molar-refractivity contribution in [2.75, 3.05) is 32.7 Å². The highest BCUT2D eigenvalue weighted by molar-refractivity contribution is 6.12. The van der Waals surface area contributed by atoms with Crippen molar-refractivity contribution in [3.63, 3.8) is 0 Å². The lowest BCUT2D eigenvalue weighted by Gasteiger charge is -2.39. The fourth-order valence-corrected chi connectivity index (χ4v) is 4.18. The standard InChI is InChI=1S/C19H29N3O3/c1-14(2)20-9-11-21(12-10-20)19(25)16-5-3-15(4-6-16)13-22-17(23)7-8-18(22)24/h7-8,14-16H,3-6,9-13H2,1-2H3. The van der Waals surface area contributed by atoms with Gasteiger partial charge in [0.1, 0.15) is 0 Å². The van der Waals surface area contributed by atoms with Gasteiger partial charge in [0.25, 0.3) is 11.8 Å². The molecular formula is C19H29N3O3. The average Bonchev–Trinajstić information content (AvgIpc) is 2.94. The molecule has 6 heteroatoms. The van der Waals surface area contributed by atoms with E-state index >= 15 is 0 Å². The minimum Gasteiger partial charge on any atom is -0.340 e. The predicted octanol–water partition coefficient (Wildman–Crippen LogP) is 1.27. The van der Waals surface area contributed by atoms with Crippen LogP contribution in [-0.2, 0) is 14.4 Å². The Morgan fingerprint density at radius 3 is 2.08 bits per heavy atom. The molecule has 2 fully saturated rings. The first-order valence-corrected chi connectivity index (χ1v) is 9.52. The van der Waals surface area contributed by atoms with Crippen molar-refractivity contribution in [1.82, 2.24) is 14.7 Å². The second kappa shape index (κ2) is 7.68. The third kappa shape index (κ3) is 4.11. The van der Waals surface area contributed by atoms with Crippen LogP contribution in [-0.4, -0.2) is 71.2 Å². The van der Waals surface area contributed by atoms with Gasteiger partial charge < -0.3 is 4.90 Å². The van der Waals surface area contributed by atoms with E-state index in [4.69, 9.17) is 0 Å². The molecule has 0 aromatic carbocycles. The lowest BCUT2D eigenvalue weighted by molar-refractivity contribution is -0.141. The summed E-state index contributed by atoms with van der Waals surface area (Å²) in [5.74, 6) is 0.342. The Morgan fingerprint density at radius 2 is 1.56 bits per heavy atom. The van der Waals surface area contributed by atoms with E-state index in [-0.39, 0.29) is 17.7 Å². The van der Waals surface area contributed by atoms with Gasteiger partial charge in [-0.1, -0.05) is 0 Å². The maximum Gasteiger partial charge on any atom is 0.253 e. The highest BCUT2D eigenvalue weighted by Crippen LogP contribution is 2.31. The quantitative estimate of drug-likeness (QED) is 0.719. The van der Waals surface area contributed by atoms with Gasteiger partial charge in [-0.2, -0.15) is 0 Å². The number of imide groups is 1. The molecule has 0 N–H and O–H groups in total. The van der Waals surface area contributed by atoms with Gasteiger partial charge in [-0.3, -0.25) is 24.2 Å². The van der Waals surface area contributed by atoms with Gasteiger partial charge in [-0.15, -0.1) is 0 Å². The van der Waals surface area contributed by atoms with Gasteiger partial charge in [0.05, 0.1) is 0 Å².